The molecule has 3 rings (SSSR count). The molecule has 0 atom stereocenters. The highest BCUT2D eigenvalue weighted by Gasteiger charge is 2.27. The first-order valence-corrected chi connectivity index (χ1v) is 8.70. The molecule has 0 spiro atoms. The standard InChI is InChI=1S/C16H19Cl2N5O2/c1-16(2,3)25-15(24)23-6-4-22(5-7-23)14-12-11(13(18)20-21-14)8-10(17)9-19-12/h8-9H,4-7H2,1-3H3. The number of fused-ring (bicyclic) bond motifs is 1. The number of ether oxygens (including phenoxy) is 1. The molecule has 1 amide bonds. The number of anilines is 1. The van der Waals surface area contributed by atoms with Crippen molar-refractivity contribution in [1.29, 1.82) is 0 Å². The number of hydrogen-bond donors (Lipinski definition) is 0. The van der Waals surface area contributed by atoms with Crippen LogP contribution in [0.25, 0.3) is 10.9 Å². The summed E-state index contributed by atoms with van der Waals surface area (Å²) >= 11 is 12.1. The summed E-state index contributed by atoms with van der Waals surface area (Å²) in [7, 11) is 0. The predicted octanol–water partition coefficient (Wildman–Crippen LogP) is 3.39. The lowest BCUT2D eigenvalue weighted by molar-refractivity contribution is 0.0240. The van der Waals surface area contributed by atoms with E-state index >= 15 is 0 Å². The Kier molecular flexibility index (Phi) is 4.88. The molecule has 0 unspecified atom stereocenters. The predicted molar refractivity (Wildman–Crippen MR) is 97.4 cm³/mol. The van der Waals surface area contributed by atoms with Crippen molar-refractivity contribution in [2.24, 2.45) is 0 Å². The average Bonchev–Trinajstić information content (AvgIpc) is 2.54. The number of hydrogen-bond acceptors (Lipinski definition) is 6. The molecule has 3 heterocycles. The van der Waals surface area contributed by atoms with Crippen molar-refractivity contribution in [2.45, 2.75) is 26.4 Å². The van der Waals surface area contributed by atoms with Gasteiger partial charge in [0.1, 0.15) is 11.1 Å². The second kappa shape index (κ2) is 6.80. The summed E-state index contributed by atoms with van der Waals surface area (Å²) in [6.45, 7) is 7.85. The molecule has 9 heteroatoms. The van der Waals surface area contributed by atoms with Crippen LogP contribution in [-0.4, -0.2) is 58.0 Å². The van der Waals surface area contributed by atoms with Crippen molar-refractivity contribution in [1.82, 2.24) is 20.1 Å². The molecule has 1 aliphatic heterocycles. The van der Waals surface area contributed by atoms with E-state index < -0.39 is 5.60 Å². The third kappa shape index (κ3) is 4.04. The van der Waals surface area contributed by atoms with Crippen LogP contribution < -0.4 is 4.90 Å². The minimum atomic E-state index is -0.505. The molecule has 25 heavy (non-hydrogen) atoms. The normalized spacial score (nSPS) is 15.6. The molecule has 0 N–H and O–H groups in total. The van der Waals surface area contributed by atoms with Crippen molar-refractivity contribution < 1.29 is 9.53 Å². The lowest BCUT2D eigenvalue weighted by Crippen LogP contribution is -2.50. The van der Waals surface area contributed by atoms with Crippen LogP contribution in [0.4, 0.5) is 10.6 Å². The Labute approximate surface area is 155 Å². The largest absolute Gasteiger partial charge is 0.444 e. The lowest BCUT2D eigenvalue weighted by Gasteiger charge is -2.36. The first kappa shape index (κ1) is 17.9. The van der Waals surface area contributed by atoms with Gasteiger partial charge >= 0.3 is 6.09 Å². The summed E-state index contributed by atoms with van der Waals surface area (Å²) in [6.07, 6.45) is 1.26. The number of nitrogens with zero attached hydrogens (tertiary/aromatic N) is 5. The van der Waals surface area contributed by atoms with Gasteiger partial charge in [-0.2, -0.15) is 0 Å². The van der Waals surface area contributed by atoms with E-state index in [-0.39, 0.29) is 11.2 Å². The Hall–Kier alpha value is -1.86. The van der Waals surface area contributed by atoms with Crippen molar-refractivity contribution in [3.63, 3.8) is 0 Å². The summed E-state index contributed by atoms with van der Waals surface area (Å²) in [4.78, 5) is 20.2. The maximum atomic E-state index is 12.2. The summed E-state index contributed by atoms with van der Waals surface area (Å²) in [5, 5.41) is 9.60. The highest BCUT2D eigenvalue weighted by atomic mass is 35.5. The molecular formula is C16H19Cl2N5O2. The molecule has 0 radical (unpaired) electrons. The minimum absolute atomic E-state index is 0.265. The molecule has 1 aliphatic rings. The third-order valence-corrected chi connectivity index (χ3v) is 4.24. The lowest BCUT2D eigenvalue weighted by atomic mass is 10.2. The SMILES string of the molecule is CC(C)(C)OC(=O)N1CCN(c2nnc(Cl)c3cc(Cl)cnc23)CC1. The fourth-order valence-corrected chi connectivity index (χ4v) is 2.95. The van der Waals surface area contributed by atoms with Gasteiger partial charge in [0, 0.05) is 37.8 Å². The van der Waals surface area contributed by atoms with E-state index in [0.717, 1.165) is 0 Å². The number of carbonyl (C=O) groups excluding carboxylic acids is 1. The van der Waals surface area contributed by atoms with Gasteiger partial charge < -0.3 is 14.5 Å². The van der Waals surface area contributed by atoms with Gasteiger partial charge in [-0.25, -0.2) is 4.79 Å². The van der Waals surface area contributed by atoms with Crippen molar-refractivity contribution >= 4 is 46.0 Å². The number of piperazine rings is 1. The van der Waals surface area contributed by atoms with Crippen LogP contribution in [0, 0.1) is 0 Å². The highest BCUT2D eigenvalue weighted by Crippen LogP contribution is 2.29. The summed E-state index contributed by atoms with van der Waals surface area (Å²) in [6, 6.07) is 1.72. The van der Waals surface area contributed by atoms with Gasteiger partial charge in [0.05, 0.1) is 5.02 Å². The summed E-state index contributed by atoms with van der Waals surface area (Å²) in [5.41, 5.74) is 0.144. The fourth-order valence-electron chi connectivity index (χ4n) is 2.61. The maximum Gasteiger partial charge on any atom is 0.410 e. The van der Waals surface area contributed by atoms with Crippen LogP contribution in [0.3, 0.4) is 0 Å². The number of pyridine rings is 1. The van der Waals surface area contributed by atoms with E-state index in [2.05, 4.69) is 15.2 Å². The molecule has 0 saturated carbocycles. The third-order valence-electron chi connectivity index (χ3n) is 3.75. The van der Waals surface area contributed by atoms with Gasteiger partial charge in [-0.05, 0) is 26.8 Å². The average molecular weight is 384 g/mol. The molecule has 0 aromatic carbocycles. The molecule has 134 valence electrons. The summed E-state index contributed by atoms with van der Waals surface area (Å²) < 4.78 is 5.41. The Morgan fingerprint density at radius 3 is 2.48 bits per heavy atom. The Morgan fingerprint density at radius 2 is 1.84 bits per heavy atom. The molecule has 1 fully saturated rings. The molecular weight excluding hydrogens is 365 g/mol. The maximum absolute atomic E-state index is 12.2. The number of rotatable bonds is 1. The van der Waals surface area contributed by atoms with Crippen LogP contribution in [-0.2, 0) is 4.74 Å². The van der Waals surface area contributed by atoms with E-state index in [1.54, 1.807) is 17.2 Å². The number of amides is 1. The smallest absolute Gasteiger partial charge is 0.410 e. The van der Waals surface area contributed by atoms with Crippen LogP contribution in [0.5, 0.6) is 0 Å². The van der Waals surface area contributed by atoms with E-state index in [9.17, 15) is 4.79 Å². The van der Waals surface area contributed by atoms with Crippen LogP contribution in [0.15, 0.2) is 12.3 Å². The zero-order chi connectivity index (χ0) is 18.2. The zero-order valence-electron chi connectivity index (χ0n) is 14.3. The van der Waals surface area contributed by atoms with Crippen molar-refractivity contribution in [3.8, 4) is 0 Å². The quantitative estimate of drug-likeness (QED) is 0.751. The van der Waals surface area contributed by atoms with Gasteiger partial charge in [0.2, 0.25) is 0 Å². The monoisotopic (exact) mass is 383 g/mol. The first-order valence-electron chi connectivity index (χ1n) is 7.95. The second-order valence-corrected chi connectivity index (χ2v) is 7.61. The molecule has 1 saturated heterocycles. The van der Waals surface area contributed by atoms with E-state index in [4.69, 9.17) is 27.9 Å². The van der Waals surface area contributed by atoms with E-state index in [1.807, 2.05) is 25.7 Å². The van der Waals surface area contributed by atoms with Gasteiger partial charge in [0.25, 0.3) is 0 Å². The van der Waals surface area contributed by atoms with E-state index in [0.29, 0.717) is 47.9 Å². The Balaban J connectivity index is 1.77. The van der Waals surface area contributed by atoms with E-state index in [1.165, 1.54) is 0 Å². The Bertz CT molecular complexity index is 801. The van der Waals surface area contributed by atoms with Crippen molar-refractivity contribution in [2.75, 3.05) is 31.1 Å². The molecule has 2 aromatic rings. The molecule has 7 nitrogen and oxygen atoms in total. The van der Waals surface area contributed by atoms with Crippen LogP contribution in [0.1, 0.15) is 20.8 Å². The van der Waals surface area contributed by atoms with Gasteiger partial charge in [0.15, 0.2) is 11.0 Å². The number of aromatic nitrogens is 3. The fraction of sp³-hybridized carbons (Fsp3) is 0.500. The number of carbonyl (C=O) groups is 1. The topological polar surface area (TPSA) is 71.5 Å². The zero-order valence-corrected chi connectivity index (χ0v) is 15.8. The van der Waals surface area contributed by atoms with Gasteiger partial charge in [-0.3, -0.25) is 4.98 Å². The number of halogens is 2. The summed E-state index contributed by atoms with van der Waals surface area (Å²) in [5.74, 6) is 0.639. The first-order chi connectivity index (χ1) is 11.7. The molecule has 0 aliphatic carbocycles. The molecule has 2 aromatic heterocycles. The minimum Gasteiger partial charge on any atom is -0.444 e. The van der Waals surface area contributed by atoms with Crippen molar-refractivity contribution in [3.05, 3.63) is 22.4 Å². The van der Waals surface area contributed by atoms with Gasteiger partial charge in [-0.15, -0.1) is 10.2 Å². The highest BCUT2D eigenvalue weighted by molar-refractivity contribution is 6.35. The van der Waals surface area contributed by atoms with Gasteiger partial charge in [-0.1, -0.05) is 23.2 Å². The molecule has 0 bridgehead atoms. The van der Waals surface area contributed by atoms with Crippen LogP contribution >= 0.6 is 23.2 Å². The Morgan fingerprint density at radius 1 is 1.16 bits per heavy atom. The van der Waals surface area contributed by atoms with Crippen LogP contribution in [0.2, 0.25) is 10.2 Å². The second-order valence-electron chi connectivity index (χ2n) is 6.82.